The highest BCUT2D eigenvalue weighted by atomic mass is 79.9. The summed E-state index contributed by atoms with van der Waals surface area (Å²) in [5, 5.41) is 4.05. The number of hydrogen-bond donors (Lipinski definition) is 0. The van der Waals surface area contributed by atoms with Crippen LogP contribution in [0.15, 0.2) is 121 Å². The second-order valence-electron chi connectivity index (χ2n) is 7.40. The summed E-state index contributed by atoms with van der Waals surface area (Å²) in [6.45, 7) is 0.405. The maximum absolute atomic E-state index is 12.4. The zero-order valence-electron chi connectivity index (χ0n) is 17.8. The van der Waals surface area contributed by atoms with Crippen molar-refractivity contribution in [2.75, 3.05) is 12.8 Å². The van der Waals surface area contributed by atoms with Crippen LogP contribution in [0.5, 0.6) is 0 Å². The number of hydrogen-bond acceptors (Lipinski definition) is 2. The van der Waals surface area contributed by atoms with E-state index < -0.39 is 7.26 Å². The predicted molar refractivity (Wildman–Crippen MR) is 142 cm³/mol. The van der Waals surface area contributed by atoms with Gasteiger partial charge in [0.1, 0.15) is 23.2 Å². The first-order valence-electron chi connectivity index (χ1n) is 10.6. The van der Waals surface area contributed by atoms with Crippen LogP contribution in [0.1, 0.15) is 16.8 Å². The van der Waals surface area contributed by atoms with Gasteiger partial charge in [-0.25, -0.2) is 4.79 Å². The van der Waals surface area contributed by atoms with Crippen LogP contribution in [0, 0.1) is 0 Å². The average Bonchev–Trinajstić information content (AvgIpc) is 2.86. The minimum absolute atomic E-state index is 0. The Bertz CT molecular complexity index is 991. The molecule has 162 valence electrons. The summed E-state index contributed by atoms with van der Waals surface area (Å²) in [7, 11) is -1.88. The van der Waals surface area contributed by atoms with Crippen molar-refractivity contribution in [3.8, 4) is 0 Å². The van der Waals surface area contributed by atoms with E-state index in [1.165, 1.54) is 15.9 Å². The molecule has 0 atom stereocenters. The highest BCUT2D eigenvalue weighted by Crippen LogP contribution is 2.55. The third-order valence-electron chi connectivity index (χ3n) is 5.47. The molecule has 4 aromatic carbocycles. The van der Waals surface area contributed by atoms with E-state index in [2.05, 4.69) is 91.0 Å². The molecule has 0 aliphatic rings. The molecule has 0 bridgehead atoms. The monoisotopic (exact) mass is 505 g/mol. The molecule has 0 N–H and O–H groups in total. The van der Waals surface area contributed by atoms with Crippen LogP contribution < -0.4 is 15.9 Å². The summed E-state index contributed by atoms with van der Waals surface area (Å²) in [6.07, 6.45) is 1.73. The number of benzene rings is 4. The van der Waals surface area contributed by atoms with Gasteiger partial charge in [-0.15, -0.1) is 17.0 Å². The number of rotatable bonds is 8. The Labute approximate surface area is 201 Å². The van der Waals surface area contributed by atoms with Gasteiger partial charge in [-0.1, -0.05) is 72.8 Å². The fraction of sp³-hybridized carbons (Fsp3) is 0.107. The minimum Gasteiger partial charge on any atom is -0.462 e. The average molecular weight is 506 g/mol. The van der Waals surface area contributed by atoms with E-state index in [1.807, 2.05) is 18.2 Å². The Kier molecular flexibility index (Phi) is 8.79. The summed E-state index contributed by atoms with van der Waals surface area (Å²) in [6, 6.07) is 41.5. The Balaban J connectivity index is 0.00000289. The fourth-order valence-corrected chi connectivity index (χ4v) is 8.32. The first-order valence-corrected chi connectivity index (χ1v) is 12.6. The summed E-state index contributed by atoms with van der Waals surface area (Å²) >= 11 is 0. The first kappa shape index (κ1) is 23.9. The molecule has 0 radical (unpaired) electrons. The van der Waals surface area contributed by atoms with Crippen LogP contribution in [0.2, 0.25) is 0 Å². The van der Waals surface area contributed by atoms with Crippen molar-refractivity contribution in [2.24, 2.45) is 0 Å². The molecule has 0 spiro atoms. The lowest BCUT2D eigenvalue weighted by Gasteiger charge is -2.27. The molecular weight excluding hydrogens is 479 g/mol. The summed E-state index contributed by atoms with van der Waals surface area (Å²) < 4.78 is 5.61. The smallest absolute Gasteiger partial charge is 0.338 e. The number of esters is 1. The standard InChI is InChI=1S/C28H26O2P.BrH/c29-28(24-14-5-1-6-15-24)30-22-13-23-31(25-16-7-2-8-17-25,26-18-9-3-10-19-26)27-20-11-4-12-21-27;/h1-12,14-21H,13,22-23H2;1H/q+1;. The van der Waals surface area contributed by atoms with Crippen molar-refractivity contribution in [3.63, 3.8) is 0 Å². The number of halogens is 1. The van der Waals surface area contributed by atoms with E-state index in [4.69, 9.17) is 4.74 Å². The molecule has 0 aliphatic heterocycles. The van der Waals surface area contributed by atoms with Gasteiger partial charge < -0.3 is 4.74 Å². The van der Waals surface area contributed by atoms with Crippen molar-refractivity contribution >= 4 is 46.1 Å². The molecule has 0 heterocycles. The first-order chi connectivity index (χ1) is 15.3. The molecule has 4 heteroatoms. The third kappa shape index (κ3) is 5.35. The lowest BCUT2D eigenvalue weighted by molar-refractivity contribution is 0.0506. The Morgan fingerprint density at radius 1 is 0.594 bits per heavy atom. The largest absolute Gasteiger partial charge is 0.462 e. The fourth-order valence-electron chi connectivity index (χ4n) is 4.01. The van der Waals surface area contributed by atoms with E-state index in [-0.39, 0.29) is 23.0 Å². The van der Waals surface area contributed by atoms with Gasteiger partial charge in [0.25, 0.3) is 0 Å². The number of carbonyl (C=O) groups is 1. The third-order valence-corrected chi connectivity index (χ3v) is 10.00. The van der Waals surface area contributed by atoms with Crippen LogP contribution in [0.4, 0.5) is 0 Å². The van der Waals surface area contributed by atoms with E-state index in [9.17, 15) is 4.79 Å². The molecule has 0 aliphatic carbocycles. The van der Waals surface area contributed by atoms with Gasteiger partial charge in [-0.3, -0.25) is 0 Å². The van der Waals surface area contributed by atoms with Crippen molar-refractivity contribution in [3.05, 3.63) is 127 Å². The molecule has 4 rings (SSSR count). The molecular formula is C28H27BrO2P+. The topological polar surface area (TPSA) is 26.3 Å². The Morgan fingerprint density at radius 2 is 0.969 bits per heavy atom. The van der Waals surface area contributed by atoms with Gasteiger partial charge in [0.05, 0.1) is 18.3 Å². The molecule has 0 fully saturated rings. The minimum atomic E-state index is -1.88. The van der Waals surface area contributed by atoms with E-state index in [1.54, 1.807) is 12.1 Å². The molecule has 32 heavy (non-hydrogen) atoms. The molecule has 2 nitrogen and oxygen atoms in total. The van der Waals surface area contributed by atoms with Crippen LogP contribution >= 0.6 is 24.2 Å². The van der Waals surface area contributed by atoms with Crippen LogP contribution in [0.3, 0.4) is 0 Å². The molecule has 4 aromatic rings. The van der Waals surface area contributed by atoms with Crippen molar-refractivity contribution in [1.82, 2.24) is 0 Å². The summed E-state index contributed by atoms with van der Waals surface area (Å²) in [5.74, 6) is -0.260. The maximum atomic E-state index is 12.4. The number of carbonyl (C=O) groups excluding carboxylic acids is 1. The SMILES string of the molecule is Br.O=C(OCCC[P+](c1ccccc1)(c1ccccc1)c1ccccc1)c1ccccc1. The molecule has 0 aromatic heterocycles. The highest BCUT2D eigenvalue weighted by molar-refractivity contribution is 8.93. The predicted octanol–water partition coefficient (Wildman–Crippen LogP) is 5.81. The van der Waals surface area contributed by atoms with Crippen molar-refractivity contribution in [2.45, 2.75) is 6.42 Å². The van der Waals surface area contributed by atoms with E-state index in [0.29, 0.717) is 12.2 Å². The van der Waals surface area contributed by atoms with E-state index in [0.717, 1.165) is 12.6 Å². The van der Waals surface area contributed by atoms with Crippen LogP contribution in [-0.2, 0) is 4.74 Å². The quantitative estimate of drug-likeness (QED) is 0.171. The lowest BCUT2D eigenvalue weighted by atomic mass is 10.2. The highest BCUT2D eigenvalue weighted by Gasteiger charge is 2.44. The van der Waals surface area contributed by atoms with Gasteiger partial charge in [0, 0.05) is 6.42 Å². The Hall–Kier alpha value is -2.74. The van der Waals surface area contributed by atoms with Crippen LogP contribution in [-0.4, -0.2) is 18.7 Å². The zero-order chi connectivity index (χ0) is 21.4. The molecule has 0 saturated heterocycles. The Morgan fingerprint density at radius 3 is 1.38 bits per heavy atom. The van der Waals surface area contributed by atoms with Crippen LogP contribution in [0.25, 0.3) is 0 Å². The molecule has 0 saturated carbocycles. The maximum Gasteiger partial charge on any atom is 0.338 e. The zero-order valence-corrected chi connectivity index (χ0v) is 20.4. The van der Waals surface area contributed by atoms with Gasteiger partial charge in [-0.05, 0) is 48.5 Å². The summed E-state index contributed by atoms with van der Waals surface area (Å²) in [4.78, 5) is 12.4. The number of ether oxygens (including phenoxy) is 1. The second kappa shape index (κ2) is 11.8. The van der Waals surface area contributed by atoms with Gasteiger partial charge in [0.2, 0.25) is 0 Å². The summed E-state index contributed by atoms with van der Waals surface area (Å²) in [5.41, 5.74) is 0.595. The molecule has 0 amide bonds. The van der Waals surface area contributed by atoms with Crippen molar-refractivity contribution < 1.29 is 9.53 Å². The van der Waals surface area contributed by atoms with Crippen molar-refractivity contribution in [1.29, 1.82) is 0 Å². The van der Waals surface area contributed by atoms with E-state index >= 15 is 0 Å². The van der Waals surface area contributed by atoms with Gasteiger partial charge in [-0.2, -0.15) is 0 Å². The normalized spacial score (nSPS) is 10.8. The second-order valence-corrected chi connectivity index (χ2v) is 11.0. The van der Waals surface area contributed by atoms with Gasteiger partial charge >= 0.3 is 5.97 Å². The molecule has 0 unspecified atom stereocenters. The lowest BCUT2D eigenvalue weighted by Crippen LogP contribution is -2.33. The van der Waals surface area contributed by atoms with Gasteiger partial charge in [0.15, 0.2) is 0 Å².